The fourth-order valence-corrected chi connectivity index (χ4v) is 2.67. The first-order valence-electron chi connectivity index (χ1n) is 7.55. The van der Waals surface area contributed by atoms with E-state index in [-0.39, 0.29) is 12.3 Å². The van der Waals surface area contributed by atoms with E-state index in [1.807, 2.05) is 19.2 Å². The molecule has 0 spiro atoms. The molecule has 1 aromatic carbocycles. The molecule has 2 heterocycles. The van der Waals surface area contributed by atoms with Crippen molar-refractivity contribution in [3.63, 3.8) is 0 Å². The van der Waals surface area contributed by atoms with Crippen molar-refractivity contribution in [1.29, 1.82) is 5.26 Å². The molecule has 0 bridgehead atoms. The van der Waals surface area contributed by atoms with Crippen LogP contribution in [0.25, 0.3) is 0 Å². The number of nitrogens with zero attached hydrogens (tertiary/aromatic N) is 4. The van der Waals surface area contributed by atoms with Gasteiger partial charge in [-0.05, 0) is 31.0 Å². The predicted octanol–water partition coefficient (Wildman–Crippen LogP) is 1.92. The topological polar surface area (TPSA) is 71.1 Å². The Labute approximate surface area is 134 Å². The molecule has 3 rings (SSSR count). The molecule has 0 saturated heterocycles. The average molecular weight is 310 g/mol. The number of hydrogen-bond donors (Lipinski definition) is 0. The van der Waals surface area contributed by atoms with Gasteiger partial charge in [-0.2, -0.15) is 10.2 Å². The first-order valence-corrected chi connectivity index (χ1v) is 7.55. The Kier molecular flexibility index (Phi) is 4.02. The lowest BCUT2D eigenvalue weighted by Gasteiger charge is -2.34. The third kappa shape index (κ3) is 3.04. The van der Waals surface area contributed by atoms with Crippen molar-refractivity contribution in [2.75, 3.05) is 11.9 Å². The smallest absolute Gasteiger partial charge is 0.352 e. The number of benzene rings is 1. The van der Waals surface area contributed by atoms with Crippen LogP contribution in [-0.2, 0) is 13.2 Å². The van der Waals surface area contributed by atoms with Crippen LogP contribution in [0.1, 0.15) is 24.5 Å². The average Bonchev–Trinajstić information content (AvgIpc) is 2.57. The largest absolute Gasteiger partial charge is 0.473 e. The van der Waals surface area contributed by atoms with Gasteiger partial charge in [-0.25, -0.2) is 4.79 Å². The van der Waals surface area contributed by atoms with Crippen molar-refractivity contribution < 1.29 is 4.74 Å². The molecular weight excluding hydrogens is 292 g/mol. The highest BCUT2D eigenvalue weighted by Gasteiger charge is 2.22. The summed E-state index contributed by atoms with van der Waals surface area (Å²) >= 11 is 0. The molecule has 1 aliphatic rings. The molecule has 0 aliphatic carbocycles. The Morgan fingerprint density at radius 3 is 3.04 bits per heavy atom. The van der Waals surface area contributed by atoms with E-state index in [4.69, 9.17) is 10.00 Å². The van der Waals surface area contributed by atoms with Crippen LogP contribution >= 0.6 is 0 Å². The van der Waals surface area contributed by atoms with Crippen LogP contribution in [0.2, 0.25) is 0 Å². The molecule has 0 saturated carbocycles. The number of ether oxygens (including phenoxy) is 1. The third-order valence-corrected chi connectivity index (χ3v) is 4.20. The summed E-state index contributed by atoms with van der Waals surface area (Å²) in [5, 5.41) is 8.92. The van der Waals surface area contributed by atoms with Gasteiger partial charge in [0.1, 0.15) is 12.4 Å². The minimum absolute atomic E-state index is 0.269. The Balaban J connectivity index is 1.83. The molecule has 6 heteroatoms. The number of anilines is 1. The van der Waals surface area contributed by atoms with Crippen molar-refractivity contribution in [3.8, 4) is 11.9 Å². The van der Waals surface area contributed by atoms with Gasteiger partial charge < -0.3 is 9.64 Å². The van der Waals surface area contributed by atoms with Gasteiger partial charge in [-0.3, -0.25) is 4.57 Å². The number of nitriles is 1. The summed E-state index contributed by atoms with van der Waals surface area (Å²) in [5.41, 5.74) is 1.16. The second kappa shape index (κ2) is 6.13. The van der Waals surface area contributed by atoms with Crippen LogP contribution in [-0.4, -0.2) is 22.6 Å². The standard InChI is InChI=1S/C17H18N4O2/c1-12-6-7-21-16(20(12)2)9-15(19-17(21)22)23-11-14-5-3-4-13(8-14)10-18/h3-5,8-9,12H,6-7,11H2,1-2H3/t12-/m0/s1. The van der Waals surface area contributed by atoms with Gasteiger partial charge in [0.05, 0.1) is 11.6 Å². The summed E-state index contributed by atoms with van der Waals surface area (Å²) in [7, 11) is 1.97. The molecule has 6 nitrogen and oxygen atoms in total. The predicted molar refractivity (Wildman–Crippen MR) is 86.5 cm³/mol. The Morgan fingerprint density at radius 2 is 2.26 bits per heavy atom. The third-order valence-electron chi connectivity index (χ3n) is 4.20. The zero-order valence-electron chi connectivity index (χ0n) is 13.2. The molecule has 0 unspecified atom stereocenters. The van der Waals surface area contributed by atoms with E-state index in [2.05, 4.69) is 22.9 Å². The number of aromatic nitrogens is 2. The van der Waals surface area contributed by atoms with Crippen molar-refractivity contribution >= 4 is 5.82 Å². The fraction of sp³-hybridized carbons (Fsp3) is 0.353. The van der Waals surface area contributed by atoms with E-state index in [1.165, 1.54) is 0 Å². The highest BCUT2D eigenvalue weighted by atomic mass is 16.5. The van der Waals surface area contributed by atoms with Gasteiger partial charge in [-0.1, -0.05) is 12.1 Å². The van der Waals surface area contributed by atoms with E-state index in [9.17, 15) is 4.79 Å². The summed E-state index contributed by atoms with van der Waals surface area (Å²) in [5.74, 6) is 1.13. The van der Waals surface area contributed by atoms with Crippen molar-refractivity contribution in [3.05, 3.63) is 51.9 Å². The second-order valence-corrected chi connectivity index (χ2v) is 5.74. The van der Waals surface area contributed by atoms with Crippen molar-refractivity contribution in [2.24, 2.45) is 0 Å². The fourth-order valence-electron chi connectivity index (χ4n) is 2.67. The van der Waals surface area contributed by atoms with Crippen LogP contribution in [0.3, 0.4) is 0 Å². The Bertz CT molecular complexity index is 822. The maximum atomic E-state index is 12.2. The molecule has 0 fully saturated rings. The van der Waals surface area contributed by atoms with Crippen molar-refractivity contribution in [1.82, 2.24) is 9.55 Å². The number of fused-ring (bicyclic) bond motifs is 1. The normalized spacial score (nSPS) is 16.6. The molecule has 1 aliphatic heterocycles. The van der Waals surface area contributed by atoms with Gasteiger partial charge in [0.2, 0.25) is 5.88 Å². The molecule has 0 radical (unpaired) electrons. The summed E-state index contributed by atoms with van der Waals surface area (Å²) in [6.45, 7) is 3.07. The molecular formula is C17H18N4O2. The first-order chi connectivity index (χ1) is 11.1. The second-order valence-electron chi connectivity index (χ2n) is 5.74. The maximum Gasteiger partial charge on any atom is 0.352 e. The number of rotatable bonds is 3. The Morgan fingerprint density at radius 1 is 1.43 bits per heavy atom. The SMILES string of the molecule is C[C@H]1CCn2c(cc(OCc3cccc(C#N)c3)nc2=O)N1C. The summed E-state index contributed by atoms with van der Waals surface area (Å²) in [4.78, 5) is 18.2. The van der Waals surface area contributed by atoms with Gasteiger partial charge >= 0.3 is 5.69 Å². The maximum absolute atomic E-state index is 12.2. The van der Waals surface area contributed by atoms with Crippen LogP contribution in [0, 0.1) is 11.3 Å². The quantitative estimate of drug-likeness (QED) is 0.866. The minimum Gasteiger partial charge on any atom is -0.473 e. The molecule has 118 valence electrons. The monoisotopic (exact) mass is 310 g/mol. The van der Waals surface area contributed by atoms with Crippen molar-refractivity contribution in [2.45, 2.75) is 32.5 Å². The lowest BCUT2D eigenvalue weighted by Crippen LogP contribution is -2.41. The zero-order valence-corrected chi connectivity index (χ0v) is 13.2. The van der Waals surface area contributed by atoms with Gasteiger partial charge in [-0.15, -0.1) is 0 Å². The van der Waals surface area contributed by atoms with E-state index < -0.39 is 0 Å². The van der Waals surface area contributed by atoms with Crippen LogP contribution in [0.5, 0.6) is 5.88 Å². The molecule has 2 aromatic rings. The van der Waals surface area contributed by atoms with Crippen LogP contribution in [0.4, 0.5) is 5.82 Å². The first kappa shape index (κ1) is 15.1. The van der Waals surface area contributed by atoms with Crippen LogP contribution < -0.4 is 15.3 Å². The van der Waals surface area contributed by atoms with Gasteiger partial charge in [0.25, 0.3) is 0 Å². The molecule has 23 heavy (non-hydrogen) atoms. The highest BCUT2D eigenvalue weighted by Crippen LogP contribution is 2.24. The molecule has 1 aromatic heterocycles. The van der Waals surface area contributed by atoms with E-state index in [1.54, 1.807) is 22.8 Å². The Hall–Kier alpha value is -2.81. The molecule has 1 atom stereocenters. The lowest BCUT2D eigenvalue weighted by atomic mass is 10.1. The summed E-state index contributed by atoms with van der Waals surface area (Å²) < 4.78 is 7.33. The van der Waals surface area contributed by atoms with E-state index >= 15 is 0 Å². The highest BCUT2D eigenvalue weighted by molar-refractivity contribution is 5.44. The molecule has 0 amide bonds. The zero-order chi connectivity index (χ0) is 16.4. The molecule has 0 N–H and O–H groups in total. The lowest BCUT2D eigenvalue weighted by molar-refractivity contribution is 0.290. The summed E-state index contributed by atoms with van der Waals surface area (Å²) in [6, 6.07) is 11.4. The minimum atomic E-state index is -0.290. The van der Waals surface area contributed by atoms with Crippen LogP contribution in [0.15, 0.2) is 35.1 Å². The number of hydrogen-bond acceptors (Lipinski definition) is 5. The van der Waals surface area contributed by atoms with Gasteiger partial charge in [0, 0.05) is 25.7 Å². The van der Waals surface area contributed by atoms with E-state index in [0.29, 0.717) is 24.0 Å². The summed E-state index contributed by atoms with van der Waals surface area (Å²) in [6.07, 6.45) is 0.923. The van der Waals surface area contributed by atoms with E-state index in [0.717, 1.165) is 17.8 Å². The van der Waals surface area contributed by atoms with Gasteiger partial charge in [0.15, 0.2) is 0 Å².